The minimum absolute atomic E-state index is 0.000948. The van der Waals surface area contributed by atoms with Gasteiger partial charge in [0.1, 0.15) is 0 Å². The second kappa shape index (κ2) is 4.97. The Bertz CT molecular complexity index is 612. The minimum Gasteiger partial charge on any atom is -0.424 e. The van der Waals surface area contributed by atoms with E-state index in [1.807, 2.05) is 0 Å². The average Bonchev–Trinajstić information content (AvgIpc) is 3.01. The van der Waals surface area contributed by atoms with Crippen molar-refractivity contribution >= 4 is 23.6 Å². The van der Waals surface area contributed by atoms with Crippen molar-refractivity contribution in [1.29, 1.82) is 0 Å². The van der Waals surface area contributed by atoms with E-state index >= 15 is 0 Å². The maximum Gasteiger partial charge on any atom is 0.492 e. The second-order valence-corrected chi connectivity index (χ2v) is 5.61. The van der Waals surface area contributed by atoms with Gasteiger partial charge in [0.15, 0.2) is 16.9 Å². The summed E-state index contributed by atoms with van der Waals surface area (Å²) in [5.74, 6) is -5.06. The molecule has 1 atom stereocenters. The maximum absolute atomic E-state index is 13.3. The third kappa shape index (κ3) is 2.43. The van der Waals surface area contributed by atoms with E-state index in [-0.39, 0.29) is 17.3 Å². The molecule has 118 valence electrons. The SMILES string of the molecule is O=C1CSC(C(=O)NC2(C(F)(F)F)Oc3ccccc3O2)N1. The lowest BCUT2D eigenvalue weighted by atomic mass is 10.3. The number of carbonyl (C=O) groups is 2. The monoisotopic (exact) mass is 334 g/mol. The Morgan fingerprint density at radius 3 is 2.36 bits per heavy atom. The molecule has 1 saturated heterocycles. The van der Waals surface area contributed by atoms with Crippen LogP contribution in [0.1, 0.15) is 0 Å². The fourth-order valence-electron chi connectivity index (χ4n) is 1.94. The predicted octanol–water partition coefficient (Wildman–Crippen LogP) is 0.979. The first kappa shape index (κ1) is 14.8. The van der Waals surface area contributed by atoms with Crippen LogP contribution in [0.5, 0.6) is 11.5 Å². The molecule has 10 heteroatoms. The molecule has 2 aliphatic rings. The number of fused-ring (bicyclic) bond motifs is 1. The molecule has 1 aromatic carbocycles. The quantitative estimate of drug-likeness (QED) is 0.843. The lowest BCUT2D eigenvalue weighted by Gasteiger charge is -2.30. The zero-order valence-corrected chi connectivity index (χ0v) is 11.6. The molecule has 1 aromatic rings. The summed E-state index contributed by atoms with van der Waals surface area (Å²) in [5.41, 5.74) is 0. The molecule has 0 bridgehead atoms. The van der Waals surface area contributed by atoms with E-state index in [0.29, 0.717) is 0 Å². The van der Waals surface area contributed by atoms with Gasteiger partial charge in [0.05, 0.1) is 5.75 Å². The molecule has 22 heavy (non-hydrogen) atoms. The van der Waals surface area contributed by atoms with Crippen LogP contribution in [-0.2, 0) is 9.59 Å². The largest absolute Gasteiger partial charge is 0.492 e. The summed E-state index contributed by atoms with van der Waals surface area (Å²) in [6.07, 6.45) is -5.02. The third-order valence-corrected chi connectivity index (χ3v) is 4.02. The second-order valence-electron chi connectivity index (χ2n) is 4.51. The molecule has 6 nitrogen and oxygen atoms in total. The summed E-state index contributed by atoms with van der Waals surface area (Å²) in [4.78, 5) is 23.0. The minimum atomic E-state index is -5.02. The summed E-state index contributed by atoms with van der Waals surface area (Å²) in [5, 5.41) is 2.83. The number of thioether (sulfide) groups is 1. The Balaban J connectivity index is 1.84. The lowest BCUT2D eigenvalue weighted by molar-refractivity contribution is -0.319. The summed E-state index contributed by atoms with van der Waals surface area (Å²) in [6, 6.07) is 5.54. The zero-order valence-electron chi connectivity index (χ0n) is 10.8. The van der Waals surface area contributed by atoms with E-state index in [1.54, 1.807) is 5.32 Å². The Kier molecular flexibility index (Phi) is 3.35. The van der Waals surface area contributed by atoms with Crippen molar-refractivity contribution in [3.8, 4) is 11.5 Å². The van der Waals surface area contributed by atoms with Crippen LogP contribution in [-0.4, -0.2) is 35.0 Å². The van der Waals surface area contributed by atoms with Crippen LogP contribution in [0.2, 0.25) is 0 Å². The van der Waals surface area contributed by atoms with Crippen molar-refractivity contribution in [2.45, 2.75) is 17.5 Å². The van der Waals surface area contributed by atoms with Gasteiger partial charge in [-0.2, -0.15) is 13.2 Å². The number of para-hydroxylation sites is 2. The maximum atomic E-state index is 13.3. The molecular weight excluding hydrogens is 325 g/mol. The van der Waals surface area contributed by atoms with Crippen molar-refractivity contribution in [1.82, 2.24) is 10.6 Å². The Labute approximate surface area is 126 Å². The van der Waals surface area contributed by atoms with Gasteiger partial charge in [-0.15, -0.1) is 11.8 Å². The number of benzene rings is 1. The molecule has 1 unspecified atom stereocenters. The normalized spacial score (nSPS) is 22.3. The third-order valence-electron chi connectivity index (χ3n) is 2.93. The fraction of sp³-hybridized carbons (Fsp3) is 0.333. The van der Waals surface area contributed by atoms with Gasteiger partial charge < -0.3 is 14.8 Å². The van der Waals surface area contributed by atoms with Crippen LogP contribution in [0, 0.1) is 0 Å². The molecule has 2 amide bonds. The van der Waals surface area contributed by atoms with Gasteiger partial charge in [0.2, 0.25) is 5.91 Å². The van der Waals surface area contributed by atoms with E-state index < -0.39 is 29.3 Å². The van der Waals surface area contributed by atoms with Crippen LogP contribution >= 0.6 is 11.8 Å². The molecule has 3 rings (SSSR count). The number of hydrogen-bond acceptors (Lipinski definition) is 5. The lowest BCUT2D eigenvalue weighted by Crippen LogP contribution is -2.66. The van der Waals surface area contributed by atoms with Crippen molar-refractivity contribution in [2.75, 3.05) is 5.75 Å². The highest BCUT2D eigenvalue weighted by atomic mass is 32.2. The summed E-state index contributed by atoms with van der Waals surface area (Å²) in [7, 11) is 0. The number of ether oxygens (including phenoxy) is 2. The van der Waals surface area contributed by atoms with E-state index in [2.05, 4.69) is 5.32 Å². The van der Waals surface area contributed by atoms with Gasteiger partial charge in [0, 0.05) is 0 Å². The van der Waals surface area contributed by atoms with Crippen LogP contribution < -0.4 is 20.1 Å². The highest BCUT2D eigenvalue weighted by molar-refractivity contribution is 8.01. The van der Waals surface area contributed by atoms with Gasteiger partial charge in [-0.05, 0) is 12.1 Å². The van der Waals surface area contributed by atoms with Crippen molar-refractivity contribution in [3.05, 3.63) is 24.3 Å². The first-order chi connectivity index (χ1) is 10.3. The number of carbonyl (C=O) groups excluding carboxylic acids is 2. The molecule has 0 aliphatic carbocycles. The fourth-order valence-corrected chi connectivity index (χ4v) is 2.77. The van der Waals surface area contributed by atoms with E-state index in [4.69, 9.17) is 9.47 Å². The molecule has 2 heterocycles. The number of alkyl halides is 3. The van der Waals surface area contributed by atoms with Crippen LogP contribution in [0.4, 0.5) is 13.2 Å². The van der Waals surface area contributed by atoms with Crippen molar-refractivity contribution in [3.63, 3.8) is 0 Å². The summed E-state index contributed by atoms with van der Waals surface area (Å²) in [6.45, 7) is 0. The standard InChI is InChI=1S/C12H9F3N2O4S/c13-11(14,15)12(17-9(19)10-16-8(18)5-22-10)20-6-3-1-2-4-7(6)21-12/h1-4,10H,5H2,(H,16,18)(H,17,19). The molecule has 2 N–H and O–H groups in total. The first-order valence-electron chi connectivity index (χ1n) is 6.07. The van der Waals surface area contributed by atoms with E-state index in [1.165, 1.54) is 24.3 Å². The van der Waals surface area contributed by atoms with Crippen molar-refractivity contribution < 1.29 is 32.2 Å². The zero-order chi connectivity index (χ0) is 16.0. The van der Waals surface area contributed by atoms with E-state index in [9.17, 15) is 22.8 Å². The molecule has 0 spiro atoms. The number of rotatable bonds is 2. The predicted molar refractivity (Wildman–Crippen MR) is 69.0 cm³/mol. The van der Waals surface area contributed by atoms with Gasteiger partial charge in [-0.3, -0.25) is 14.9 Å². The van der Waals surface area contributed by atoms with Gasteiger partial charge in [-0.25, -0.2) is 0 Å². The number of halogens is 3. The van der Waals surface area contributed by atoms with Crippen LogP contribution in [0.25, 0.3) is 0 Å². The Morgan fingerprint density at radius 2 is 1.91 bits per heavy atom. The van der Waals surface area contributed by atoms with Crippen LogP contribution in [0.3, 0.4) is 0 Å². The van der Waals surface area contributed by atoms with Gasteiger partial charge in [-0.1, -0.05) is 12.1 Å². The first-order valence-corrected chi connectivity index (χ1v) is 7.12. The molecular formula is C12H9F3N2O4S. The molecule has 1 fully saturated rings. The molecule has 0 aromatic heterocycles. The van der Waals surface area contributed by atoms with E-state index in [0.717, 1.165) is 11.8 Å². The van der Waals surface area contributed by atoms with Crippen molar-refractivity contribution in [2.24, 2.45) is 0 Å². The average molecular weight is 334 g/mol. The highest BCUT2D eigenvalue weighted by Crippen LogP contribution is 2.45. The number of hydrogen-bond donors (Lipinski definition) is 2. The molecule has 2 aliphatic heterocycles. The molecule has 0 saturated carbocycles. The highest BCUT2D eigenvalue weighted by Gasteiger charge is 2.66. The Morgan fingerprint density at radius 1 is 1.32 bits per heavy atom. The number of nitrogens with one attached hydrogen (secondary N) is 2. The topological polar surface area (TPSA) is 76.7 Å². The summed E-state index contributed by atoms with van der Waals surface area (Å²) >= 11 is 0.884. The smallest absolute Gasteiger partial charge is 0.424 e. The molecule has 0 radical (unpaired) electrons. The number of amides is 2. The van der Waals surface area contributed by atoms with Gasteiger partial charge >= 0.3 is 12.1 Å². The van der Waals surface area contributed by atoms with Crippen LogP contribution in [0.15, 0.2) is 24.3 Å². The Hall–Kier alpha value is -2.10. The van der Waals surface area contributed by atoms with Gasteiger partial charge in [0.25, 0.3) is 5.91 Å². The summed E-state index contributed by atoms with van der Waals surface area (Å²) < 4.78 is 49.7.